The summed E-state index contributed by atoms with van der Waals surface area (Å²) in [5.74, 6) is 2.02. The Hall–Kier alpha value is -1.77. The molecule has 0 bridgehead atoms. The van der Waals surface area contributed by atoms with Gasteiger partial charge in [0.2, 0.25) is 0 Å². The van der Waals surface area contributed by atoms with Crippen molar-refractivity contribution in [2.24, 2.45) is 11.3 Å². The largest absolute Gasteiger partial charge is 0.469 e. The number of carbonyl (C=O) groups excluding carboxylic acids is 1. The third kappa shape index (κ3) is 1.68. The quantitative estimate of drug-likeness (QED) is 0.818. The first-order valence-corrected chi connectivity index (χ1v) is 6.64. The fraction of sp³-hybridized carbons (Fsp3) is 0.438. The number of carbonyl (C=O) groups is 1. The maximum Gasteiger partial charge on any atom is 0.142 e. The second kappa shape index (κ2) is 4.12. The van der Waals surface area contributed by atoms with Gasteiger partial charge in [-0.15, -0.1) is 0 Å². The van der Waals surface area contributed by atoms with Crippen LogP contribution in [-0.2, 0) is 4.79 Å². The molecular weight excluding hydrogens is 240 g/mol. The van der Waals surface area contributed by atoms with Crippen LogP contribution >= 0.6 is 0 Å². The van der Waals surface area contributed by atoms with E-state index in [0.717, 1.165) is 11.5 Å². The van der Waals surface area contributed by atoms with Gasteiger partial charge in [0, 0.05) is 23.2 Å². The summed E-state index contributed by atoms with van der Waals surface area (Å²) in [5.41, 5.74) is -0.436. The van der Waals surface area contributed by atoms with Crippen molar-refractivity contribution in [1.82, 2.24) is 0 Å². The van der Waals surface area contributed by atoms with E-state index in [1.54, 1.807) is 12.5 Å². The Morgan fingerprint density at radius 1 is 1.05 bits per heavy atom. The van der Waals surface area contributed by atoms with Crippen LogP contribution in [0.5, 0.6) is 0 Å². The van der Waals surface area contributed by atoms with Crippen LogP contribution in [0, 0.1) is 11.3 Å². The molecule has 1 saturated carbocycles. The first-order chi connectivity index (χ1) is 9.03. The number of rotatable bonds is 2. The van der Waals surface area contributed by atoms with Crippen LogP contribution in [0.1, 0.15) is 44.1 Å². The van der Waals surface area contributed by atoms with Gasteiger partial charge in [0.25, 0.3) is 0 Å². The molecule has 1 fully saturated rings. The van der Waals surface area contributed by atoms with E-state index < -0.39 is 5.41 Å². The lowest BCUT2D eigenvalue weighted by atomic mass is 9.76. The van der Waals surface area contributed by atoms with Crippen molar-refractivity contribution >= 4 is 5.78 Å². The molecule has 0 spiro atoms. The van der Waals surface area contributed by atoms with Gasteiger partial charge in [0.1, 0.15) is 17.3 Å². The van der Waals surface area contributed by atoms with Gasteiger partial charge in [-0.2, -0.15) is 0 Å². The van der Waals surface area contributed by atoms with E-state index >= 15 is 0 Å². The molecule has 1 aliphatic rings. The molecule has 0 aromatic carbocycles. The maximum atomic E-state index is 12.6. The van der Waals surface area contributed by atoms with Crippen LogP contribution in [0.3, 0.4) is 0 Å². The fourth-order valence-corrected chi connectivity index (χ4v) is 3.53. The molecule has 0 aliphatic heterocycles. The number of hydrogen-bond donors (Lipinski definition) is 0. The van der Waals surface area contributed by atoms with Crippen LogP contribution < -0.4 is 0 Å². The molecule has 3 nitrogen and oxygen atoms in total. The highest BCUT2D eigenvalue weighted by atomic mass is 16.3. The van der Waals surface area contributed by atoms with E-state index in [1.807, 2.05) is 45.0 Å². The van der Waals surface area contributed by atoms with Crippen molar-refractivity contribution < 1.29 is 13.6 Å². The first-order valence-electron chi connectivity index (χ1n) is 6.64. The van der Waals surface area contributed by atoms with Crippen molar-refractivity contribution in [3.63, 3.8) is 0 Å². The first kappa shape index (κ1) is 12.3. The van der Waals surface area contributed by atoms with E-state index in [9.17, 15) is 4.79 Å². The summed E-state index contributed by atoms with van der Waals surface area (Å²) in [4.78, 5) is 12.6. The second-order valence-corrected chi connectivity index (χ2v) is 5.91. The minimum atomic E-state index is -0.436. The SMILES string of the molecule is C[C@@H]1C(=O)C(C)(C)[C@H](c2ccco2)[C@H]1c1ccco1. The lowest BCUT2D eigenvalue weighted by molar-refractivity contribution is -0.127. The van der Waals surface area contributed by atoms with Crippen LogP contribution in [-0.4, -0.2) is 5.78 Å². The second-order valence-electron chi connectivity index (χ2n) is 5.91. The number of hydrogen-bond acceptors (Lipinski definition) is 3. The van der Waals surface area contributed by atoms with E-state index in [4.69, 9.17) is 8.83 Å². The van der Waals surface area contributed by atoms with Gasteiger partial charge >= 0.3 is 0 Å². The van der Waals surface area contributed by atoms with E-state index in [1.165, 1.54) is 0 Å². The Balaban J connectivity index is 2.13. The predicted octanol–water partition coefficient (Wildman–Crippen LogP) is 3.99. The van der Waals surface area contributed by atoms with E-state index in [2.05, 4.69) is 0 Å². The number of Topliss-reactive ketones (excluding diaryl/α,β-unsaturated/α-hetero) is 1. The lowest BCUT2D eigenvalue weighted by Crippen LogP contribution is -2.25. The molecule has 19 heavy (non-hydrogen) atoms. The zero-order chi connectivity index (χ0) is 13.6. The maximum absolute atomic E-state index is 12.6. The van der Waals surface area contributed by atoms with Crippen molar-refractivity contribution in [3.8, 4) is 0 Å². The zero-order valence-corrected chi connectivity index (χ0v) is 11.4. The van der Waals surface area contributed by atoms with E-state index in [-0.39, 0.29) is 23.5 Å². The Kier molecular flexibility index (Phi) is 2.66. The number of ketones is 1. The van der Waals surface area contributed by atoms with Gasteiger partial charge in [-0.05, 0) is 24.3 Å². The molecule has 2 heterocycles. The molecule has 2 aromatic rings. The molecule has 0 saturated heterocycles. The Bertz CT molecular complexity index is 563. The minimum Gasteiger partial charge on any atom is -0.469 e. The average molecular weight is 258 g/mol. The summed E-state index contributed by atoms with van der Waals surface area (Å²) >= 11 is 0. The molecular formula is C16H18O3. The van der Waals surface area contributed by atoms with Crippen LogP contribution in [0.2, 0.25) is 0 Å². The highest BCUT2D eigenvalue weighted by Crippen LogP contribution is 2.57. The molecule has 100 valence electrons. The normalized spacial score (nSPS) is 29.8. The summed E-state index contributed by atoms with van der Waals surface area (Å²) in [6, 6.07) is 7.65. The zero-order valence-electron chi connectivity index (χ0n) is 11.4. The minimum absolute atomic E-state index is 0.0242. The Morgan fingerprint density at radius 3 is 2.16 bits per heavy atom. The van der Waals surface area contributed by atoms with Crippen LogP contribution in [0.15, 0.2) is 45.6 Å². The van der Waals surface area contributed by atoms with Gasteiger partial charge in [-0.3, -0.25) is 4.79 Å². The molecule has 1 aliphatic carbocycles. The third-order valence-corrected chi connectivity index (χ3v) is 4.45. The van der Waals surface area contributed by atoms with Gasteiger partial charge in [-0.1, -0.05) is 20.8 Å². The Labute approximate surface area is 112 Å². The summed E-state index contributed by atoms with van der Waals surface area (Å²) in [5, 5.41) is 0. The predicted molar refractivity (Wildman–Crippen MR) is 70.9 cm³/mol. The fourth-order valence-electron chi connectivity index (χ4n) is 3.53. The van der Waals surface area contributed by atoms with Crippen LogP contribution in [0.25, 0.3) is 0 Å². The molecule has 3 atom stereocenters. The van der Waals surface area contributed by atoms with E-state index in [0.29, 0.717) is 0 Å². The molecule has 2 aromatic heterocycles. The van der Waals surface area contributed by atoms with Crippen molar-refractivity contribution in [2.45, 2.75) is 32.6 Å². The summed E-state index contributed by atoms with van der Waals surface area (Å²) < 4.78 is 11.1. The Morgan fingerprint density at radius 2 is 1.63 bits per heavy atom. The summed E-state index contributed by atoms with van der Waals surface area (Å²) in [6.07, 6.45) is 3.33. The molecule has 0 radical (unpaired) electrons. The summed E-state index contributed by atoms with van der Waals surface area (Å²) in [6.45, 7) is 5.99. The topological polar surface area (TPSA) is 43.4 Å². The average Bonchev–Trinajstić information content (AvgIpc) is 3.07. The lowest BCUT2D eigenvalue weighted by Gasteiger charge is -2.26. The van der Waals surface area contributed by atoms with Gasteiger partial charge < -0.3 is 8.83 Å². The molecule has 3 rings (SSSR count). The highest BCUT2D eigenvalue weighted by molar-refractivity contribution is 5.91. The molecule has 0 N–H and O–H groups in total. The van der Waals surface area contributed by atoms with Crippen LogP contribution in [0.4, 0.5) is 0 Å². The van der Waals surface area contributed by atoms with Gasteiger partial charge in [-0.25, -0.2) is 0 Å². The van der Waals surface area contributed by atoms with Crippen molar-refractivity contribution in [2.75, 3.05) is 0 Å². The summed E-state index contributed by atoms with van der Waals surface area (Å²) in [7, 11) is 0. The highest BCUT2D eigenvalue weighted by Gasteiger charge is 2.56. The monoisotopic (exact) mass is 258 g/mol. The van der Waals surface area contributed by atoms with Gasteiger partial charge in [0.15, 0.2) is 0 Å². The van der Waals surface area contributed by atoms with Gasteiger partial charge in [0.05, 0.1) is 12.5 Å². The molecule has 3 heteroatoms. The smallest absolute Gasteiger partial charge is 0.142 e. The molecule has 0 amide bonds. The number of furan rings is 2. The standard InChI is InChI=1S/C16H18O3/c1-10-13(11-6-4-8-18-11)14(12-7-5-9-19-12)16(2,3)15(10)17/h4-10,13-14H,1-3H3/t10-,13+,14+/m0/s1. The van der Waals surface area contributed by atoms with Crippen molar-refractivity contribution in [3.05, 3.63) is 48.3 Å². The molecule has 0 unspecified atom stereocenters. The van der Waals surface area contributed by atoms with Crippen molar-refractivity contribution in [1.29, 1.82) is 0 Å². The third-order valence-electron chi connectivity index (χ3n) is 4.45.